The van der Waals surface area contributed by atoms with Gasteiger partial charge in [0.05, 0.1) is 6.61 Å². The number of aliphatic hydroxyl groups is 1. The largest absolute Gasteiger partial charge is 0.392 e. The molecule has 1 N–H and O–H groups in total. The first-order valence-electron chi connectivity index (χ1n) is 5.22. The Morgan fingerprint density at radius 1 is 1.62 bits per heavy atom. The van der Waals surface area contributed by atoms with Crippen molar-refractivity contribution in [2.75, 3.05) is 17.2 Å². The van der Waals surface area contributed by atoms with Crippen molar-refractivity contribution in [2.24, 2.45) is 5.92 Å². The Bertz CT molecular complexity index is 397. The van der Waals surface area contributed by atoms with E-state index in [9.17, 15) is 9.90 Å². The highest BCUT2D eigenvalue weighted by atomic mass is 32.1. The summed E-state index contributed by atoms with van der Waals surface area (Å²) in [6.07, 6.45) is 2.15. The summed E-state index contributed by atoms with van der Waals surface area (Å²) in [4.78, 5) is 17.6. The van der Waals surface area contributed by atoms with E-state index in [2.05, 4.69) is 17.6 Å². The Kier molecular flexibility index (Phi) is 3.46. The number of aromatic nitrogens is 1. The number of pyridine rings is 1. The van der Waals surface area contributed by atoms with Crippen molar-refractivity contribution >= 4 is 24.4 Å². The van der Waals surface area contributed by atoms with Gasteiger partial charge in [0.25, 0.3) is 0 Å². The fourth-order valence-corrected chi connectivity index (χ4v) is 2.15. The molecule has 0 radical (unpaired) electrons. The van der Waals surface area contributed by atoms with Crippen molar-refractivity contribution in [1.29, 1.82) is 0 Å². The van der Waals surface area contributed by atoms with E-state index in [1.165, 1.54) is 0 Å². The maximum atomic E-state index is 11.8. The molecule has 1 aromatic heterocycles. The van der Waals surface area contributed by atoms with E-state index in [1.807, 2.05) is 0 Å². The maximum Gasteiger partial charge on any atom is 0.228 e. The molecule has 0 saturated carbocycles. The third-order valence-electron chi connectivity index (χ3n) is 2.76. The normalized spacial score (nSPS) is 20.5. The minimum Gasteiger partial charge on any atom is -0.392 e. The van der Waals surface area contributed by atoms with Gasteiger partial charge in [-0.3, -0.25) is 9.69 Å². The van der Waals surface area contributed by atoms with Crippen LogP contribution in [0.1, 0.15) is 12.0 Å². The van der Waals surface area contributed by atoms with E-state index in [0.717, 1.165) is 0 Å². The van der Waals surface area contributed by atoms with E-state index in [1.54, 1.807) is 23.2 Å². The third kappa shape index (κ3) is 2.05. The predicted octanol–water partition coefficient (Wildman–Crippen LogP) is 0.857. The molecule has 86 valence electrons. The van der Waals surface area contributed by atoms with Crippen LogP contribution in [0.15, 0.2) is 18.3 Å². The molecule has 1 fully saturated rings. The van der Waals surface area contributed by atoms with Crippen molar-refractivity contribution in [3.63, 3.8) is 0 Å². The average molecular weight is 238 g/mol. The van der Waals surface area contributed by atoms with Gasteiger partial charge >= 0.3 is 0 Å². The topological polar surface area (TPSA) is 53.4 Å². The van der Waals surface area contributed by atoms with Gasteiger partial charge in [-0.15, -0.1) is 0 Å². The smallest absolute Gasteiger partial charge is 0.228 e. The van der Waals surface area contributed by atoms with Gasteiger partial charge in [0, 0.05) is 24.7 Å². The molecule has 0 aromatic carbocycles. The molecule has 2 heterocycles. The lowest BCUT2D eigenvalue weighted by Crippen LogP contribution is -2.26. The van der Waals surface area contributed by atoms with Crippen molar-refractivity contribution < 1.29 is 9.90 Å². The Morgan fingerprint density at radius 2 is 2.44 bits per heavy atom. The molecule has 0 aliphatic carbocycles. The molecule has 16 heavy (non-hydrogen) atoms. The van der Waals surface area contributed by atoms with E-state index in [4.69, 9.17) is 0 Å². The molecule has 1 aliphatic heterocycles. The van der Waals surface area contributed by atoms with Crippen molar-refractivity contribution in [2.45, 2.75) is 13.0 Å². The molecule has 1 unspecified atom stereocenters. The molecule has 4 nitrogen and oxygen atoms in total. The van der Waals surface area contributed by atoms with Crippen LogP contribution in [-0.2, 0) is 11.4 Å². The summed E-state index contributed by atoms with van der Waals surface area (Å²) in [5, 5.41) is 9.20. The van der Waals surface area contributed by atoms with Crippen molar-refractivity contribution in [3.8, 4) is 0 Å². The number of thiol groups is 1. The number of hydrogen-bond donors (Lipinski definition) is 2. The van der Waals surface area contributed by atoms with Crippen LogP contribution in [0.3, 0.4) is 0 Å². The Hall–Kier alpha value is -1.07. The lowest BCUT2D eigenvalue weighted by Gasteiger charge is -2.17. The Morgan fingerprint density at radius 3 is 3.06 bits per heavy atom. The van der Waals surface area contributed by atoms with Crippen LogP contribution in [0.4, 0.5) is 5.82 Å². The van der Waals surface area contributed by atoms with Crippen LogP contribution < -0.4 is 4.90 Å². The number of aliphatic hydroxyl groups excluding tert-OH is 1. The zero-order valence-electron chi connectivity index (χ0n) is 8.83. The van der Waals surface area contributed by atoms with Crippen molar-refractivity contribution in [1.82, 2.24) is 4.98 Å². The molecular formula is C11H14N2O2S. The number of carbonyl (C=O) groups excluding carboxylic acids is 1. The van der Waals surface area contributed by atoms with Crippen LogP contribution in [-0.4, -0.2) is 28.3 Å². The van der Waals surface area contributed by atoms with Crippen LogP contribution in [0, 0.1) is 5.92 Å². The SMILES string of the molecule is O=C1CC(CS)CN1c1ncccc1CO. The summed E-state index contributed by atoms with van der Waals surface area (Å²) < 4.78 is 0. The van der Waals surface area contributed by atoms with Crippen molar-refractivity contribution in [3.05, 3.63) is 23.9 Å². The summed E-state index contributed by atoms with van der Waals surface area (Å²) >= 11 is 4.21. The monoisotopic (exact) mass is 238 g/mol. The lowest BCUT2D eigenvalue weighted by molar-refractivity contribution is -0.117. The second-order valence-electron chi connectivity index (χ2n) is 3.90. The van der Waals surface area contributed by atoms with E-state index < -0.39 is 0 Å². The van der Waals surface area contributed by atoms with Gasteiger partial charge in [-0.2, -0.15) is 12.6 Å². The second kappa shape index (κ2) is 4.84. The van der Waals surface area contributed by atoms with Crippen LogP contribution in [0.25, 0.3) is 0 Å². The van der Waals surface area contributed by atoms with Crippen LogP contribution in [0.5, 0.6) is 0 Å². The minimum absolute atomic E-state index is 0.0625. The minimum atomic E-state index is -0.0987. The molecule has 1 amide bonds. The summed E-state index contributed by atoms with van der Waals surface area (Å²) in [6.45, 7) is 0.546. The van der Waals surface area contributed by atoms with Gasteiger partial charge in [-0.05, 0) is 17.7 Å². The molecule has 1 aliphatic rings. The Balaban J connectivity index is 2.27. The summed E-state index contributed by atoms with van der Waals surface area (Å²) in [5.74, 6) is 1.62. The molecule has 1 atom stereocenters. The highest BCUT2D eigenvalue weighted by molar-refractivity contribution is 7.80. The van der Waals surface area contributed by atoms with Gasteiger partial charge in [-0.1, -0.05) is 6.07 Å². The second-order valence-corrected chi connectivity index (χ2v) is 4.27. The zero-order chi connectivity index (χ0) is 11.5. The zero-order valence-corrected chi connectivity index (χ0v) is 9.73. The van der Waals surface area contributed by atoms with E-state index >= 15 is 0 Å². The Labute approximate surface area is 99.7 Å². The predicted molar refractivity (Wildman–Crippen MR) is 64.5 cm³/mol. The summed E-state index contributed by atoms with van der Waals surface area (Å²) in [6, 6.07) is 3.54. The average Bonchev–Trinajstić information content (AvgIpc) is 2.70. The van der Waals surface area contributed by atoms with Gasteiger partial charge < -0.3 is 5.11 Å². The van der Waals surface area contributed by atoms with Gasteiger partial charge in [0.1, 0.15) is 5.82 Å². The molecule has 5 heteroatoms. The first-order chi connectivity index (χ1) is 7.76. The number of nitrogens with zero attached hydrogens (tertiary/aromatic N) is 2. The number of carbonyl (C=O) groups is 1. The number of amides is 1. The van der Waals surface area contributed by atoms with Gasteiger partial charge in [0.2, 0.25) is 5.91 Å². The van der Waals surface area contributed by atoms with Crippen LogP contribution >= 0.6 is 12.6 Å². The quantitative estimate of drug-likeness (QED) is 0.768. The van der Waals surface area contributed by atoms with Gasteiger partial charge in [-0.25, -0.2) is 4.98 Å². The first-order valence-corrected chi connectivity index (χ1v) is 5.85. The molecule has 1 saturated heterocycles. The number of rotatable bonds is 3. The van der Waals surface area contributed by atoms with Gasteiger partial charge in [0.15, 0.2) is 0 Å². The fourth-order valence-electron chi connectivity index (χ4n) is 1.91. The maximum absolute atomic E-state index is 11.8. The lowest BCUT2D eigenvalue weighted by atomic mass is 10.1. The highest BCUT2D eigenvalue weighted by Crippen LogP contribution is 2.26. The number of anilines is 1. The summed E-state index contributed by atoms with van der Waals surface area (Å²) in [5.41, 5.74) is 0.690. The van der Waals surface area contributed by atoms with E-state index in [0.29, 0.717) is 30.1 Å². The first kappa shape index (κ1) is 11.4. The highest BCUT2D eigenvalue weighted by Gasteiger charge is 2.31. The fraction of sp³-hybridized carbons (Fsp3) is 0.455. The molecule has 0 spiro atoms. The summed E-state index contributed by atoms with van der Waals surface area (Å²) in [7, 11) is 0. The van der Waals surface area contributed by atoms with Crippen LogP contribution in [0.2, 0.25) is 0 Å². The molecule has 1 aromatic rings. The molecule has 0 bridgehead atoms. The standard InChI is InChI=1S/C11H14N2O2S/c14-6-9-2-1-3-12-11(9)13-5-8(7-16)4-10(13)15/h1-3,8,14,16H,4-7H2. The third-order valence-corrected chi connectivity index (χ3v) is 3.27. The number of hydrogen-bond acceptors (Lipinski definition) is 4. The molecular weight excluding hydrogens is 224 g/mol. The van der Waals surface area contributed by atoms with E-state index in [-0.39, 0.29) is 18.4 Å². The molecule has 2 rings (SSSR count).